The van der Waals surface area contributed by atoms with Crippen LogP contribution in [-0.2, 0) is 25.7 Å². The fraction of sp³-hybridized carbons (Fsp3) is 0.280. The average Bonchev–Trinajstić information content (AvgIpc) is 3.18. The lowest BCUT2D eigenvalue weighted by Gasteiger charge is -2.13. The number of imide groups is 1. The Balaban J connectivity index is 1.45. The highest BCUT2D eigenvalue weighted by Crippen LogP contribution is 2.29. The summed E-state index contributed by atoms with van der Waals surface area (Å²) in [6, 6.07) is 15.1. The molecule has 3 amide bonds. The summed E-state index contributed by atoms with van der Waals surface area (Å²) in [7, 11) is 0. The molecule has 0 aliphatic carbocycles. The minimum absolute atomic E-state index is 0.0808. The maximum absolute atomic E-state index is 12.0. The van der Waals surface area contributed by atoms with Crippen molar-refractivity contribution in [1.82, 2.24) is 10.2 Å². The minimum atomic E-state index is -0.691. The molecule has 1 N–H and O–H groups in total. The molecule has 0 radical (unpaired) electrons. The molecule has 0 spiro atoms. The van der Waals surface area contributed by atoms with Crippen molar-refractivity contribution in [2.24, 2.45) is 0 Å². The van der Waals surface area contributed by atoms with Gasteiger partial charge in [0.15, 0.2) is 18.1 Å². The molecule has 1 heterocycles. The molecule has 3 rings (SSSR count). The molecule has 1 fully saturated rings. The number of hydrogen-bond acceptors (Lipinski definition) is 8. The fourth-order valence-electron chi connectivity index (χ4n) is 3.06. The number of nitrogens with zero attached hydrogens (tertiary/aromatic N) is 1. The third-order valence-corrected chi connectivity index (χ3v) is 5.62. The Hall–Kier alpha value is -3.79. The first-order valence-electron chi connectivity index (χ1n) is 11.0. The van der Waals surface area contributed by atoms with Crippen molar-refractivity contribution in [1.29, 1.82) is 0 Å². The highest BCUT2D eigenvalue weighted by atomic mass is 32.2. The van der Waals surface area contributed by atoms with Crippen LogP contribution in [-0.4, -0.2) is 60.0 Å². The highest BCUT2D eigenvalue weighted by Gasteiger charge is 2.29. The monoisotopic (exact) mass is 498 g/mol. The maximum Gasteiger partial charge on any atom is 0.331 e. The first-order valence-corrected chi connectivity index (χ1v) is 12.0. The van der Waals surface area contributed by atoms with E-state index in [4.69, 9.17) is 14.2 Å². The molecular weight excluding hydrogens is 472 g/mol. The second-order valence-corrected chi connectivity index (χ2v) is 8.23. The molecular formula is C25H26N2O7S. The van der Waals surface area contributed by atoms with Crippen LogP contribution in [0.1, 0.15) is 18.1 Å². The van der Waals surface area contributed by atoms with Crippen LogP contribution in [0.4, 0.5) is 4.79 Å². The molecule has 0 unspecified atom stereocenters. The van der Waals surface area contributed by atoms with E-state index in [2.05, 4.69) is 5.32 Å². The molecule has 0 saturated carbocycles. The van der Waals surface area contributed by atoms with Crippen molar-refractivity contribution in [3.05, 3.63) is 65.7 Å². The number of rotatable bonds is 12. The van der Waals surface area contributed by atoms with E-state index < -0.39 is 18.5 Å². The first-order chi connectivity index (χ1) is 17.0. The van der Waals surface area contributed by atoms with E-state index in [1.54, 1.807) is 24.3 Å². The van der Waals surface area contributed by atoms with Crippen molar-refractivity contribution in [3.8, 4) is 11.5 Å². The maximum atomic E-state index is 12.0. The molecule has 1 saturated heterocycles. The van der Waals surface area contributed by atoms with Crippen molar-refractivity contribution in [3.63, 3.8) is 0 Å². The van der Waals surface area contributed by atoms with Crippen LogP contribution in [0.15, 0.2) is 54.6 Å². The standard InChI is InChI=1S/C25H26N2O7S/c1-2-32-21-14-18(8-10-20(21)33-15-19-6-4-3-5-7-19)9-11-24(30)34-16-22(28)26-12-13-27-23(29)17-35-25(27)31/h3-11,14H,2,12-13,15-17H2,1H3,(H,26,28)/b11-9+. The third-order valence-electron chi connectivity index (χ3n) is 4.76. The van der Waals surface area contributed by atoms with Gasteiger partial charge in [-0.05, 0) is 36.3 Å². The Morgan fingerprint density at radius 1 is 1.09 bits per heavy atom. The second-order valence-electron chi connectivity index (χ2n) is 7.30. The molecule has 10 heteroatoms. The van der Waals surface area contributed by atoms with E-state index in [-0.39, 0.29) is 30.0 Å². The third kappa shape index (κ3) is 8.18. The topological polar surface area (TPSA) is 111 Å². The average molecular weight is 499 g/mol. The number of nitrogens with one attached hydrogen (secondary N) is 1. The van der Waals surface area contributed by atoms with Gasteiger partial charge < -0.3 is 19.5 Å². The van der Waals surface area contributed by atoms with Gasteiger partial charge in [0, 0.05) is 19.2 Å². The Morgan fingerprint density at radius 2 is 1.89 bits per heavy atom. The number of ether oxygens (including phenoxy) is 3. The predicted molar refractivity (Wildman–Crippen MR) is 131 cm³/mol. The van der Waals surface area contributed by atoms with Gasteiger partial charge in [-0.1, -0.05) is 48.2 Å². The zero-order valence-electron chi connectivity index (χ0n) is 19.2. The first kappa shape index (κ1) is 25.8. The molecule has 2 aromatic carbocycles. The van der Waals surface area contributed by atoms with Crippen molar-refractivity contribution in [2.75, 3.05) is 32.1 Å². The van der Waals surface area contributed by atoms with E-state index in [0.717, 1.165) is 22.2 Å². The normalized spacial score (nSPS) is 13.2. The van der Waals surface area contributed by atoms with Gasteiger partial charge >= 0.3 is 5.97 Å². The molecule has 2 aromatic rings. The lowest BCUT2D eigenvalue weighted by Crippen LogP contribution is -2.38. The Labute approximate surface area is 207 Å². The number of thioether (sulfide) groups is 1. The number of carbonyl (C=O) groups excluding carboxylic acids is 4. The van der Waals surface area contributed by atoms with Gasteiger partial charge in [-0.25, -0.2) is 4.79 Å². The molecule has 9 nitrogen and oxygen atoms in total. The molecule has 35 heavy (non-hydrogen) atoms. The SMILES string of the molecule is CCOc1cc(/C=C/C(=O)OCC(=O)NCCN2C(=O)CSC2=O)ccc1OCc1ccccc1. The predicted octanol–water partition coefficient (Wildman–Crippen LogP) is 3.03. The Bertz CT molecular complexity index is 1070. The molecule has 1 aliphatic rings. The van der Waals surface area contributed by atoms with Gasteiger partial charge in [0.25, 0.3) is 11.1 Å². The highest BCUT2D eigenvalue weighted by molar-refractivity contribution is 8.14. The number of carbonyl (C=O) groups is 4. The molecule has 0 atom stereocenters. The van der Waals surface area contributed by atoms with Crippen LogP contribution in [0.5, 0.6) is 11.5 Å². The van der Waals surface area contributed by atoms with Crippen LogP contribution >= 0.6 is 11.8 Å². The van der Waals surface area contributed by atoms with Gasteiger partial charge in [-0.3, -0.25) is 19.3 Å². The van der Waals surface area contributed by atoms with Crippen LogP contribution in [0.3, 0.4) is 0 Å². The zero-order chi connectivity index (χ0) is 25.0. The molecule has 184 valence electrons. The van der Waals surface area contributed by atoms with Crippen LogP contribution in [0.25, 0.3) is 6.08 Å². The Kier molecular flexibility index (Phi) is 9.73. The summed E-state index contributed by atoms with van der Waals surface area (Å²) in [5.74, 6) is -0.253. The Morgan fingerprint density at radius 3 is 2.60 bits per heavy atom. The van der Waals surface area contributed by atoms with E-state index >= 15 is 0 Å². The van der Waals surface area contributed by atoms with Gasteiger partial charge in [0.1, 0.15) is 6.61 Å². The summed E-state index contributed by atoms with van der Waals surface area (Å²) in [5.41, 5.74) is 1.72. The van der Waals surface area contributed by atoms with Gasteiger partial charge in [0.2, 0.25) is 5.91 Å². The molecule has 1 aliphatic heterocycles. The molecule has 0 bridgehead atoms. The smallest absolute Gasteiger partial charge is 0.331 e. The second kappa shape index (κ2) is 13.2. The van der Waals surface area contributed by atoms with Gasteiger partial charge in [-0.2, -0.15) is 0 Å². The fourth-order valence-corrected chi connectivity index (χ4v) is 3.81. The summed E-state index contributed by atoms with van der Waals surface area (Å²) in [5, 5.41) is 2.18. The van der Waals surface area contributed by atoms with E-state index in [9.17, 15) is 19.2 Å². The summed E-state index contributed by atoms with van der Waals surface area (Å²) in [6.45, 7) is 2.40. The van der Waals surface area contributed by atoms with E-state index in [0.29, 0.717) is 30.3 Å². The summed E-state index contributed by atoms with van der Waals surface area (Å²) < 4.78 is 16.5. The van der Waals surface area contributed by atoms with Crippen molar-refractivity contribution in [2.45, 2.75) is 13.5 Å². The quantitative estimate of drug-likeness (QED) is 0.351. The minimum Gasteiger partial charge on any atom is -0.490 e. The van der Waals surface area contributed by atoms with E-state index in [1.165, 1.54) is 6.08 Å². The van der Waals surface area contributed by atoms with E-state index in [1.807, 2.05) is 37.3 Å². The summed E-state index contributed by atoms with van der Waals surface area (Å²) in [4.78, 5) is 47.9. The van der Waals surface area contributed by atoms with Crippen LogP contribution < -0.4 is 14.8 Å². The van der Waals surface area contributed by atoms with Gasteiger partial charge in [-0.15, -0.1) is 0 Å². The largest absolute Gasteiger partial charge is 0.490 e. The summed E-state index contributed by atoms with van der Waals surface area (Å²) in [6.07, 6.45) is 2.76. The van der Waals surface area contributed by atoms with Gasteiger partial charge in [0.05, 0.1) is 12.4 Å². The van der Waals surface area contributed by atoms with Crippen LogP contribution in [0, 0.1) is 0 Å². The zero-order valence-corrected chi connectivity index (χ0v) is 20.0. The van der Waals surface area contributed by atoms with Crippen LogP contribution in [0.2, 0.25) is 0 Å². The number of hydrogen-bond donors (Lipinski definition) is 1. The lowest BCUT2D eigenvalue weighted by atomic mass is 10.2. The number of benzene rings is 2. The van der Waals surface area contributed by atoms with Crippen molar-refractivity contribution >= 4 is 40.9 Å². The lowest BCUT2D eigenvalue weighted by molar-refractivity contribution is -0.143. The number of amides is 3. The van der Waals surface area contributed by atoms with Crippen molar-refractivity contribution < 1.29 is 33.4 Å². The number of esters is 1. The summed E-state index contributed by atoms with van der Waals surface area (Å²) >= 11 is 0.929. The molecule has 0 aromatic heterocycles.